The molecule has 0 N–H and O–H groups in total. The van der Waals surface area contributed by atoms with Crippen LogP contribution in [-0.2, 0) is 4.74 Å². The van der Waals surface area contributed by atoms with Crippen LogP contribution in [0, 0.1) is 5.41 Å². The minimum absolute atomic E-state index is 0.201. The van der Waals surface area contributed by atoms with Crippen molar-refractivity contribution in [3.63, 3.8) is 0 Å². The van der Waals surface area contributed by atoms with Gasteiger partial charge >= 0.3 is 6.09 Å². The zero-order valence-electron chi connectivity index (χ0n) is 19.4. The molecule has 1 aromatic heterocycles. The highest BCUT2D eigenvalue weighted by Crippen LogP contribution is 2.53. The lowest BCUT2D eigenvalue weighted by atomic mass is 9.60. The van der Waals surface area contributed by atoms with Crippen LogP contribution in [0.2, 0.25) is 10.0 Å². The number of rotatable bonds is 3. The molecule has 2 aliphatic carbocycles. The smallest absolute Gasteiger partial charge is 0.410 e. The number of hydrogen-bond acceptors (Lipinski definition) is 4. The lowest BCUT2D eigenvalue weighted by Crippen LogP contribution is -2.47. The van der Waals surface area contributed by atoms with E-state index in [-0.39, 0.29) is 11.5 Å². The number of hydrogen-bond donors (Lipinski definition) is 0. The molecule has 1 saturated heterocycles. The van der Waals surface area contributed by atoms with Crippen LogP contribution in [0.25, 0.3) is 11.8 Å². The third kappa shape index (κ3) is 4.65. The predicted octanol–water partition coefficient (Wildman–Crippen LogP) is 6.65. The van der Waals surface area contributed by atoms with E-state index in [9.17, 15) is 4.79 Å². The predicted molar refractivity (Wildman–Crippen MR) is 130 cm³/mol. The van der Waals surface area contributed by atoms with Crippen molar-refractivity contribution in [2.45, 2.75) is 70.8 Å². The van der Waals surface area contributed by atoms with Gasteiger partial charge in [-0.3, -0.25) is 0 Å². The number of carbonyl (C=O) groups is 1. The van der Waals surface area contributed by atoms with Gasteiger partial charge in [0.1, 0.15) is 11.3 Å². The number of nitrogens with zero attached hydrogens (tertiary/aromatic N) is 4. The number of para-hydroxylation sites is 1. The molecule has 2 aromatic rings. The molecule has 2 saturated carbocycles. The van der Waals surface area contributed by atoms with Crippen molar-refractivity contribution in [3.8, 4) is 5.69 Å². The molecular formula is C25H30Cl2N4O2. The van der Waals surface area contributed by atoms with E-state index >= 15 is 0 Å². The maximum absolute atomic E-state index is 12.4. The summed E-state index contributed by atoms with van der Waals surface area (Å²) >= 11 is 13.0. The van der Waals surface area contributed by atoms with E-state index in [4.69, 9.17) is 27.9 Å². The Balaban J connectivity index is 1.32. The molecule has 0 bridgehead atoms. The zero-order valence-corrected chi connectivity index (χ0v) is 20.9. The fourth-order valence-corrected chi connectivity index (χ4v) is 5.55. The fourth-order valence-electron chi connectivity index (χ4n) is 4.99. The monoisotopic (exact) mass is 488 g/mol. The summed E-state index contributed by atoms with van der Waals surface area (Å²) in [7, 11) is 0. The molecule has 1 aromatic carbocycles. The van der Waals surface area contributed by atoms with Crippen molar-refractivity contribution < 1.29 is 9.53 Å². The Kier molecular flexibility index (Phi) is 5.73. The summed E-state index contributed by atoms with van der Waals surface area (Å²) in [5.74, 6) is 0.470. The maximum atomic E-state index is 12.4. The van der Waals surface area contributed by atoms with Gasteiger partial charge in [-0.1, -0.05) is 40.1 Å². The quantitative estimate of drug-likeness (QED) is 0.485. The Bertz CT molecular complexity index is 1080. The molecule has 33 heavy (non-hydrogen) atoms. The Morgan fingerprint density at radius 1 is 1.15 bits per heavy atom. The first-order valence-corrected chi connectivity index (χ1v) is 12.5. The normalized spacial score (nSPS) is 20.0. The van der Waals surface area contributed by atoms with Crippen LogP contribution in [0.1, 0.15) is 76.6 Å². The molecular weight excluding hydrogens is 459 g/mol. The Labute approximate surface area is 204 Å². The Morgan fingerprint density at radius 2 is 1.79 bits per heavy atom. The van der Waals surface area contributed by atoms with Gasteiger partial charge in [0.05, 0.1) is 21.4 Å². The van der Waals surface area contributed by atoms with Gasteiger partial charge in [-0.05, 0) is 82.9 Å². The molecule has 3 fully saturated rings. The van der Waals surface area contributed by atoms with Crippen molar-refractivity contribution in [2.24, 2.45) is 5.41 Å². The minimum atomic E-state index is -0.459. The third-order valence-electron chi connectivity index (χ3n) is 6.87. The number of carbonyl (C=O) groups excluding carboxylic acids is 1. The highest BCUT2D eigenvalue weighted by molar-refractivity contribution is 6.37. The van der Waals surface area contributed by atoms with E-state index in [0.717, 1.165) is 63.0 Å². The van der Waals surface area contributed by atoms with E-state index in [1.54, 1.807) is 4.68 Å². The number of benzene rings is 1. The van der Waals surface area contributed by atoms with Crippen LogP contribution < -0.4 is 0 Å². The van der Waals surface area contributed by atoms with E-state index in [1.807, 2.05) is 43.9 Å². The molecule has 176 valence electrons. The number of aromatic nitrogens is 3. The molecule has 1 amide bonds. The lowest BCUT2D eigenvalue weighted by Gasteiger charge is -2.49. The lowest BCUT2D eigenvalue weighted by molar-refractivity contribution is 0.00448. The number of ether oxygens (including phenoxy) is 1. The van der Waals surface area contributed by atoms with Crippen LogP contribution in [0.4, 0.5) is 4.79 Å². The van der Waals surface area contributed by atoms with E-state index < -0.39 is 5.60 Å². The van der Waals surface area contributed by atoms with Crippen LogP contribution >= 0.6 is 23.2 Å². The van der Waals surface area contributed by atoms with Gasteiger partial charge in [0.25, 0.3) is 0 Å². The molecule has 3 aliphatic rings. The number of likely N-dealkylation sites (tertiary alicyclic amines) is 1. The maximum Gasteiger partial charge on any atom is 0.410 e. The molecule has 5 rings (SSSR count). The highest BCUT2D eigenvalue weighted by Gasteiger charge is 2.44. The summed E-state index contributed by atoms with van der Waals surface area (Å²) in [5, 5.41) is 10.1. The molecule has 2 heterocycles. The number of halogens is 2. The first-order chi connectivity index (χ1) is 15.6. The second-order valence-corrected chi connectivity index (χ2v) is 11.6. The summed E-state index contributed by atoms with van der Waals surface area (Å²) in [6.07, 6.45) is 8.44. The summed E-state index contributed by atoms with van der Waals surface area (Å²) in [6.45, 7) is 7.23. The van der Waals surface area contributed by atoms with Crippen LogP contribution in [0.15, 0.2) is 23.8 Å². The van der Waals surface area contributed by atoms with Crippen molar-refractivity contribution in [1.82, 2.24) is 19.9 Å². The molecule has 0 radical (unpaired) electrons. The second kappa shape index (κ2) is 8.31. The van der Waals surface area contributed by atoms with Crippen molar-refractivity contribution >= 4 is 35.4 Å². The molecule has 0 unspecified atom stereocenters. The molecule has 6 nitrogen and oxygen atoms in total. The van der Waals surface area contributed by atoms with Gasteiger partial charge < -0.3 is 9.64 Å². The second-order valence-electron chi connectivity index (χ2n) is 10.7. The number of piperidine rings is 1. The summed E-state index contributed by atoms with van der Waals surface area (Å²) in [4.78, 5) is 14.2. The van der Waals surface area contributed by atoms with E-state index in [1.165, 1.54) is 5.57 Å². The Morgan fingerprint density at radius 3 is 2.36 bits per heavy atom. The molecule has 8 heteroatoms. The van der Waals surface area contributed by atoms with Gasteiger partial charge in [-0.15, -0.1) is 5.10 Å². The Hall–Kier alpha value is -2.05. The SMILES string of the molecule is CC(C)(C)OC(=O)N1CCC2(CC1)CC(=Cc1c(C3CC3)nnn1-c1c(Cl)cccc1Cl)C2. The standard InChI is InChI=1S/C25H30Cl2N4O2/c1-24(2,3)33-23(32)30-11-9-25(10-12-30)14-16(15-25)13-20-21(17-7-8-17)28-29-31(20)22-18(26)5-4-6-19(22)27/h4-6,13,17H,7-12,14-15H2,1-3H3. The topological polar surface area (TPSA) is 60.2 Å². The van der Waals surface area contributed by atoms with Gasteiger partial charge in [0.15, 0.2) is 0 Å². The summed E-state index contributed by atoms with van der Waals surface area (Å²) in [6, 6.07) is 5.49. The van der Waals surface area contributed by atoms with Crippen LogP contribution in [0.3, 0.4) is 0 Å². The van der Waals surface area contributed by atoms with E-state index in [0.29, 0.717) is 21.7 Å². The summed E-state index contributed by atoms with van der Waals surface area (Å²) < 4.78 is 7.35. The van der Waals surface area contributed by atoms with Gasteiger partial charge in [0, 0.05) is 19.0 Å². The largest absolute Gasteiger partial charge is 0.444 e. The fraction of sp³-hybridized carbons (Fsp3) is 0.560. The van der Waals surface area contributed by atoms with Gasteiger partial charge in [-0.25, -0.2) is 9.48 Å². The van der Waals surface area contributed by atoms with E-state index in [2.05, 4.69) is 16.4 Å². The van der Waals surface area contributed by atoms with Crippen molar-refractivity contribution in [3.05, 3.63) is 45.2 Å². The molecule has 1 aliphatic heterocycles. The first kappa shape index (κ1) is 22.7. The first-order valence-electron chi connectivity index (χ1n) is 11.7. The van der Waals surface area contributed by atoms with Crippen LogP contribution in [-0.4, -0.2) is 44.7 Å². The minimum Gasteiger partial charge on any atom is -0.444 e. The molecule has 0 atom stereocenters. The van der Waals surface area contributed by atoms with Crippen molar-refractivity contribution in [2.75, 3.05) is 13.1 Å². The summed E-state index contributed by atoms with van der Waals surface area (Å²) in [5.41, 5.74) is 3.95. The average molecular weight is 489 g/mol. The number of allylic oxidation sites excluding steroid dienone is 1. The highest BCUT2D eigenvalue weighted by atomic mass is 35.5. The van der Waals surface area contributed by atoms with Gasteiger partial charge in [0.2, 0.25) is 0 Å². The van der Waals surface area contributed by atoms with Crippen molar-refractivity contribution in [1.29, 1.82) is 0 Å². The average Bonchev–Trinajstić information content (AvgIpc) is 3.48. The number of amides is 1. The zero-order chi connectivity index (χ0) is 23.4. The van der Waals surface area contributed by atoms with Gasteiger partial charge in [-0.2, -0.15) is 0 Å². The molecule has 1 spiro atoms. The van der Waals surface area contributed by atoms with Crippen LogP contribution in [0.5, 0.6) is 0 Å². The third-order valence-corrected chi connectivity index (χ3v) is 7.48.